The van der Waals surface area contributed by atoms with Crippen LogP contribution in [0.15, 0.2) is 0 Å². The number of hydrogen-bond donors (Lipinski definition) is 0. The number of rotatable bonds is 5. The highest BCUT2D eigenvalue weighted by Crippen LogP contribution is 2.27. The van der Waals surface area contributed by atoms with Gasteiger partial charge in [-0.05, 0) is 19.3 Å². The Bertz CT molecular complexity index is 459. The fourth-order valence-electron chi connectivity index (χ4n) is 1.87. The maximum atomic E-state index is 11.0. The molecular formula is C11H16N4O2. The summed E-state index contributed by atoms with van der Waals surface area (Å²) in [5.74, 6) is 0. The van der Waals surface area contributed by atoms with E-state index in [0.29, 0.717) is 30.7 Å². The Morgan fingerprint density at radius 2 is 2.12 bits per heavy atom. The Hall–Kier alpha value is -1.90. The Kier molecular flexibility index (Phi) is 4.21. The van der Waals surface area contributed by atoms with E-state index in [0.717, 1.165) is 0 Å². The van der Waals surface area contributed by atoms with Gasteiger partial charge in [0.25, 0.3) is 0 Å². The largest absolute Gasteiger partial charge is 0.313 e. The molecule has 6 heteroatoms. The Morgan fingerprint density at radius 1 is 1.47 bits per heavy atom. The second-order valence-corrected chi connectivity index (χ2v) is 3.70. The van der Waals surface area contributed by atoms with E-state index in [1.807, 2.05) is 20.8 Å². The van der Waals surface area contributed by atoms with Crippen LogP contribution in [0.1, 0.15) is 44.6 Å². The molecule has 0 spiro atoms. The number of nitriles is 1. The molecule has 6 nitrogen and oxygen atoms in total. The zero-order valence-corrected chi connectivity index (χ0v) is 10.3. The average molecular weight is 236 g/mol. The molecule has 1 aromatic heterocycles. The van der Waals surface area contributed by atoms with Gasteiger partial charge in [0.15, 0.2) is 0 Å². The molecule has 0 aliphatic heterocycles. The lowest BCUT2D eigenvalue weighted by atomic mass is 10.2. The van der Waals surface area contributed by atoms with E-state index < -0.39 is 11.0 Å². The molecule has 0 saturated carbocycles. The molecule has 1 atom stereocenters. The Balaban J connectivity index is 3.42. The van der Waals surface area contributed by atoms with Crippen LogP contribution in [-0.4, -0.2) is 14.7 Å². The van der Waals surface area contributed by atoms with Gasteiger partial charge in [-0.25, -0.2) is 4.68 Å². The van der Waals surface area contributed by atoms with Crippen LogP contribution in [0.25, 0.3) is 0 Å². The first kappa shape index (κ1) is 13.2. The summed E-state index contributed by atoms with van der Waals surface area (Å²) in [6.45, 7) is 5.53. The normalized spacial score (nSPS) is 12.1. The minimum Gasteiger partial charge on any atom is -0.258 e. The van der Waals surface area contributed by atoms with E-state index in [-0.39, 0.29) is 5.69 Å². The number of aromatic nitrogens is 2. The highest BCUT2D eigenvalue weighted by atomic mass is 16.6. The van der Waals surface area contributed by atoms with Crippen molar-refractivity contribution in [2.45, 2.75) is 46.1 Å². The fraction of sp³-hybridized carbons (Fsp3) is 0.636. The maximum absolute atomic E-state index is 11.0. The van der Waals surface area contributed by atoms with E-state index in [1.165, 1.54) is 4.68 Å². The smallest absolute Gasteiger partial charge is 0.258 e. The number of nitro groups is 1. The van der Waals surface area contributed by atoms with Crippen LogP contribution in [0, 0.1) is 21.4 Å². The van der Waals surface area contributed by atoms with Crippen LogP contribution in [0.4, 0.5) is 5.69 Å². The maximum Gasteiger partial charge on any atom is 0.313 e. The molecule has 0 aliphatic carbocycles. The van der Waals surface area contributed by atoms with Crippen molar-refractivity contribution in [1.29, 1.82) is 5.26 Å². The van der Waals surface area contributed by atoms with Crippen LogP contribution < -0.4 is 0 Å². The molecule has 0 radical (unpaired) electrons. The van der Waals surface area contributed by atoms with Crippen LogP contribution in [0.3, 0.4) is 0 Å². The highest BCUT2D eigenvalue weighted by molar-refractivity contribution is 5.42. The summed E-state index contributed by atoms with van der Waals surface area (Å²) in [4.78, 5) is 10.6. The lowest BCUT2D eigenvalue weighted by Gasteiger charge is -2.09. The molecule has 1 aromatic rings. The van der Waals surface area contributed by atoms with Gasteiger partial charge in [-0.2, -0.15) is 10.4 Å². The van der Waals surface area contributed by atoms with Gasteiger partial charge in [0.2, 0.25) is 0 Å². The van der Waals surface area contributed by atoms with Crippen molar-refractivity contribution in [1.82, 2.24) is 9.78 Å². The molecular weight excluding hydrogens is 220 g/mol. The predicted molar refractivity (Wildman–Crippen MR) is 62.6 cm³/mol. The van der Waals surface area contributed by atoms with Gasteiger partial charge >= 0.3 is 5.69 Å². The molecule has 0 aliphatic rings. The summed E-state index contributed by atoms with van der Waals surface area (Å²) in [5, 5.41) is 24.3. The third kappa shape index (κ3) is 2.28. The zero-order valence-electron chi connectivity index (χ0n) is 10.3. The molecule has 0 amide bonds. The lowest BCUT2D eigenvalue weighted by Crippen LogP contribution is -2.11. The first-order valence-corrected chi connectivity index (χ1v) is 5.74. The molecule has 1 rings (SSSR count). The summed E-state index contributed by atoms with van der Waals surface area (Å²) in [6.07, 6.45) is 1.59. The fourth-order valence-corrected chi connectivity index (χ4v) is 1.87. The van der Waals surface area contributed by atoms with Crippen LogP contribution in [-0.2, 0) is 12.8 Å². The monoisotopic (exact) mass is 236 g/mol. The number of aryl methyl sites for hydroxylation is 1. The molecule has 1 heterocycles. The molecule has 17 heavy (non-hydrogen) atoms. The van der Waals surface area contributed by atoms with Crippen LogP contribution >= 0.6 is 0 Å². The Labute approximate surface area is 100 Å². The van der Waals surface area contributed by atoms with Gasteiger partial charge in [-0.1, -0.05) is 20.8 Å². The van der Waals surface area contributed by atoms with Crippen molar-refractivity contribution in [3.05, 3.63) is 21.5 Å². The quantitative estimate of drug-likeness (QED) is 0.580. The van der Waals surface area contributed by atoms with Crippen molar-refractivity contribution in [3.8, 4) is 6.07 Å². The molecule has 1 unspecified atom stereocenters. The van der Waals surface area contributed by atoms with Gasteiger partial charge in [0.1, 0.15) is 17.4 Å². The first-order chi connectivity index (χ1) is 8.10. The predicted octanol–water partition coefficient (Wildman–Crippen LogP) is 2.39. The average Bonchev–Trinajstić information content (AvgIpc) is 2.69. The van der Waals surface area contributed by atoms with E-state index in [2.05, 4.69) is 11.2 Å². The molecule has 0 N–H and O–H groups in total. The topological polar surface area (TPSA) is 84.8 Å². The summed E-state index contributed by atoms with van der Waals surface area (Å²) in [7, 11) is 0. The molecule has 0 bridgehead atoms. The van der Waals surface area contributed by atoms with Crippen LogP contribution in [0.2, 0.25) is 0 Å². The van der Waals surface area contributed by atoms with Crippen molar-refractivity contribution >= 4 is 5.69 Å². The van der Waals surface area contributed by atoms with E-state index in [1.54, 1.807) is 0 Å². The molecule has 0 fully saturated rings. The summed E-state index contributed by atoms with van der Waals surface area (Å²) in [6, 6.07) is 1.70. The second kappa shape index (κ2) is 5.43. The van der Waals surface area contributed by atoms with Crippen molar-refractivity contribution in [2.24, 2.45) is 0 Å². The molecule has 0 aromatic carbocycles. The van der Waals surface area contributed by atoms with Crippen molar-refractivity contribution in [3.63, 3.8) is 0 Å². The third-order valence-electron chi connectivity index (χ3n) is 2.73. The molecule has 0 saturated heterocycles. The van der Waals surface area contributed by atoms with Gasteiger partial charge < -0.3 is 0 Å². The van der Waals surface area contributed by atoms with Gasteiger partial charge in [-0.15, -0.1) is 0 Å². The van der Waals surface area contributed by atoms with Gasteiger partial charge in [-0.3, -0.25) is 10.1 Å². The summed E-state index contributed by atoms with van der Waals surface area (Å²) < 4.78 is 1.51. The third-order valence-corrected chi connectivity index (χ3v) is 2.73. The van der Waals surface area contributed by atoms with Crippen molar-refractivity contribution < 1.29 is 4.92 Å². The lowest BCUT2D eigenvalue weighted by molar-refractivity contribution is -0.386. The Morgan fingerprint density at radius 3 is 2.47 bits per heavy atom. The van der Waals surface area contributed by atoms with E-state index in [9.17, 15) is 10.1 Å². The van der Waals surface area contributed by atoms with Gasteiger partial charge in [0.05, 0.1) is 11.0 Å². The van der Waals surface area contributed by atoms with Crippen LogP contribution in [0.5, 0.6) is 0 Å². The minimum atomic E-state index is -0.427. The molecule has 92 valence electrons. The second-order valence-electron chi connectivity index (χ2n) is 3.70. The highest BCUT2D eigenvalue weighted by Gasteiger charge is 2.27. The van der Waals surface area contributed by atoms with E-state index in [4.69, 9.17) is 5.26 Å². The zero-order chi connectivity index (χ0) is 13.0. The van der Waals surface area contributed by atoms with E-state index >= 15 is 0 Å². The summed E-state index contributed by atoms with van der Waals surface area (Å²) >= 11 is 0. The standard InChI is InChI=1S/C11H16N4O2/c1-4-8(7-12)14-10(6-3)11(15(16)17)9(5-2)13-14/h8H,4-6H2,1-3H3. The van der Waals surface area contributed by atoms with Crippen molar-refractivity contribution in [2.75, 3.05) is 0 Å². The minimum absolute atomic E-state index is 0.0729. The SMILES string of the molecule is CCc1nn(C(C#N)CC)c(CC)c1[N+](=O)[O-]. The first-order valence-electron chi connectivity index (χ1n) is 5.74. The number of hydrogen-bond acceptors (Lipinski definition) is 4. The summed E-state index contributed by atoms with van der Waals surface area (Å²) in [5.41, 5.74) is 1.07. The number of nitrogens with zero attached hydrogens (tertiary/aromatic N) is 4. The van der Waals surface area contributed by atoms with Gasteiger partial charge in [0, 0.05) is 0 Å².